The van der Waals surface area contributed by atoms with Gasteiger partial charge in [-0.1, -0.05) is 23.9 Å². The van der Waals surface area contributed by atoms with Crippen LogP contribution in [-0.4, -0.2) is 40.3 Å². The third-order valence-corrected chi connectivity index (χ3v) is 5.89. The van der Waals surface area contributed by atoms with Gasteiger partial charge in [0, 0.05) is 34.5 Å². The second-order valence-corrected chi connectivity index (χ2v) is 9.44. The van der Waals surface area contributed by atoms with Gasteiger partial charge in [-0.3, -0.25) is 9.59 Å². The van der Waals surface area contributed by atoms with E-state index in [1.54, 1.807) is 28.0 Å². The second-order valence-electron chi connectivity index (χ2n) is 7.36. The topological polar surface area (TPSA) is 62.3 Å². The minimum Gasteiger partial charge on any atom is -0.350 e. The average Bonchev–Trinajstić information content (AvgIpc) is 3.01. The Kier molecular flexibility index (Phi) is 7.44. The summed E-state index contributed by atoms with van der Waals surface area (Å²) in [5.41, 5.74) is 2.46. The van der Waals surface area contributed by atoms with Gasteiger partial charge in [0.15, 0.2) is 0 Å². The molecule has 2 amide bonds. The molecular weight excluding hydrogens is 378 g/mol. The van der Waals surface area contributed by atoms with Crippen LogP contribution in [0.1, 0.15) is 49.3 Å². The predicted octanol–water partition coefficient (Wildman–Crippen LogP) is 4.12. The number of thiazole rings is 1. The molecule has 146 valence electrons. The number of nitrogens with zero attached hydrogens (tertiary/aromatic N) is 2. The van der Waals surface area contributed by atoms with E-state index < -0.39 is 0 Å². The number of hydrogen-bond donors (Lipinski definition) is 1. The Labute approximate surface area is 169 Å². The van der Waals surface area contributed by atoms with E-state index in [0.717, 1.165) is 21.3 Å². The quantitative estimate of drug-likeness (QED) is 0.704. The van der Waals surface area contributed by atoms with Crippen molar-refractivity contribution in [2.45, 2.75) is 50.3 Å². The van der Waals surface area contributed by atoms with E-state index in [1.807, 2.05) is 64.3 Å². The number of carbonyl (C=O) groups is 2. The number of thioether (sulfide) groups is 1. The van der Waals surface area contributed by atoms with Crippen LogP contribution in [0.5, 0.6) is 0 Å². The van der Waals surface area contributed by atoms with Crippen molar-refractivity contribution in [3.05, 3.63) is 46.5 Å². The van der Waals surface area contributed by atoms with Gasteiger partial charge < -0.3 is 10.2 Å². The van der Waals surface area contributed by atoms with Gasteiger partial charge in [-0.2, -0.15) is 0 Å². The van der Waals surface area contributed by atoms with Crippen LogP contribution in [0.15, 0.2) is 34.0 Å². The summed E-state index contributed by atoms with van der Waals surface area (Å²) >= 11 is 3.34. The molecule has 0 saturated heterocycles. The van der Waals surface area contributed by atoms with Crippen LogP contribution < -0.4 is 5.32 Å². The first kappa shape index (κ1) is 21.4. The van der Waals surface area contributed by atoms with E-state index in [1.165, 1.54) is 0 Å². The van der Waals surface area contributed by atoms with Crippen LogP contribution in [0, 0.1) is 6.92 Å². The Morgan fingerprint density at radius 2 is 1.89 bits per heavy atom. The van der Waals surface area contributed by atoms with Crippen LogP contribution in [0.25, 0.3) is 0 Å². The normalized spacial score (nSPS) is 11.3. The molecule has 5 nitrogen and oxygen atoms in total. The Balaban J connectivity index is 1.95. The van der Waals surface area contributed by atoms with Crippen LogP contribution >= 0.6 is 23.1 Å². The molecule has 0 fully saturated rings. The zero-order valence-electron chi connectivity index (χ0n) is 16.5. The molecule has 0 saturated carbocycles. The summed E-state index contributed by atoms with van der Waals surface area (Å²) in [6.45, 7) is 10.2. The molecule has 1 N–H and O–H groups in total. The lowest BCUT2D eigenvalue weighted by Gasteiger charge is -2.25. The van der Waals surface area contributed by atoms with Gasteiger partial charge in [0.2, 0.25) is 5.91 Å². The van der Waals surface area contributed by atoms with E-state index >= 15 is 0 Å². The summed E-state index contributed by atoms with van der Waals surface area (Å²) in [7, 11) is 0. The molecule has 0 aliphatic heterocycles. The lowest BCUT2D eigenvalue weighted by molar-refractivity contribution is -0.123. The smallest absolute Gasteiger partial charge is 0.254 e. The molecule has 1 aromatic heterocycles. The van der Waals surface area contributed by atoms with Crippen molar-refractivity contribution in [3.63, 3.8) is 0 Å². The molecule has 0 aliphatic rings. The maximum atomic E-state index is 12.7. The van der Waals surface area contributed by atoms with Crippen molar-refractivity contribution in [2.24, 2.45) is 0 Å². The molecule has 0 unspecified atom stereocenters. The highest BCUT2D eigenvalue weighted by Gasteiger charge is 2.20. The SMILES string of the molecule is CCN(CC(=O)NC(C)(C)C)C(=O)c1ccc(CSc2nc(C)cs2)cc1. The Hall–Kier alpha value is -1.86. The molecule has 2 rings (SSSR count). The first-order valence-corrected chi connectivity index (χ1v) is 10.8. The van der Waals surface area contributed by atoms with Gasteiger partial charge in [-0.15, -0.1) is 11.3 Å². The number of aryl methyl sites for hydroxylation is 1. The number of amides is 2. The van der Waals surface area contributed by atoms with E-state index in [4.69, 9.17) is 0 Å². The van der Waals surface area contributed by atoms with Gasteiger partial charge in [0.25, 0.3) is 5.91 Å². The lowest BCUT2D eigenvalue weighted by Crippen LogP contribution is -2.47. The van der Waals surface area contributed by atoms with E-state index in [2.05, 4.69) is 10.3 Å². The highest BCUT2D eigenvalue weighted by molar-refractivity contribution is 8.00. The van der Waals surface area contributed by atoms with Gasteiger partial charge in [-0.05, 0) is 52.3 Å². The monoisotopic (exact) mass is 405 g/mol. The van der Waals surface area contributed by atoms with Crippen LogP contribution in [0.4, 0.5) is 0 Å². The summed E-state index contributed by atoms with van der Waals surface area (Å²) in [5, 5.41) is 4.93. The van der Waals surface area contributed by atoms with Crippen molar-refractivity contribution in [1.29, 1.82) is 0 Å². The number of rotatable bonds is 7. The summed E-state index contributed by atoms with van der Waals surface area (Å²) in [6, 6.07) is 7.58. The Morgan fingerprint density at radius 1 is 1.22 bits per heavy atom. The minimum absolute atomic E-state index is 0.0631. The third kappa shape index (κ3) is 6.99. The molecule has 1 heterocycles. The Morgan fingerprint density at radius 3 is 2.41 bits per heavy atom. The Bertz CT molecular complexity index is 779. The summed E-state index contributed by atoms with van der Waals surface area (Å²) in [6.07, 6.45) is 0. The molecule has 2 aromatic rings. The number of aromatic nitrogens is 1. The van der Waals surface area contributed by atoms with Gasteiger partial charge >= 0.3 is 0 Å². The highest BCUT2D eigenvalue weighted by atomic mass is 32.2. The van der Waals surface area contributed by atoms with Crippen molar-refractivity contribution in [2.75, 3.05) is 13.1 Å². The van der Waals surface area contributed by atoms with Crippen LogP contribution in [0.3, 0.4) is 0 Å². The van der Waals surface area contributed by atoms with Crippen molar-refractivity contribution >= 4 is 34.9 Å². The summed E-state index contributed by atoms with van der Waals surface area (Å²) in [5.74, 6) is 0.535. The summed E-state index contributed by atoms with van der Waals surface area (Å²) in [4.78, 5) is 30.8. The van der Waals surface area contributed by atoms with Crippen molar-refractivity contribution < 1.29 is 9.59 Å². The fourth-order valence-corrected chi connectivity index (χ4v) is 4.23. The molecule has 27 heavy (non-hydrogen) atoms. The molecule has 0 atom stereocenters. The number of likely N-dealkylation sites (N-methyl/N-ethyl adjacent to an activating group) is 1. The van der Waals surface area contributed by atoms with Crippen LogP contribution in [-0.2, 0) is 10.5 Å². The fourth-order valence-electron chi connectivity index (χ4n) is 2.43. The van der Waals surface area contributed by atoms with Gasteiger partial charge in [-0.25, -0.2) is 4.98 Å². The number of hydrogen-bond acceptors (Lipinski definition) is 5. The predicted molar refractivity (Wildman–Crippen MR) is 112 cm³/mol. The number of carbonyl (C=O) groups excluding carboxylic acids is 2. The largest absolute Gasteiger partial charge is 0.350 e. The van der Waals surface area contributed by atoms with Crippen molar-refractivity contribution in [1.82, 2.24) is 15.2 Å². The molecule has 0 aliphatic carbocycles. The molecule has 0 radical (unpaired) electrons. The minimum atomic E-state index is -0.311. The average molecular weight is 406 g/mol. The molecular formula is C20H27N3O2S2. The lowest BCUT2D eigenvalue weighted by atomic mass is 10.1. The standard InChI is InChI=1S/C20H27N3O2S2/c1-6-23(11-17(24)22-20(3,4)5)18(25)16-9-7-15(8-10-16)13-27-19-21-14(2)12-26-19/h7-10,12H,6,11,13H2,1-5H3,(H,22,24). The van der Waals surface area contributed by atoms with Crippen molar-refractivity contribution in [3.8, 4) is 0 Å². The number of benzene rings is 1. The zero-order valence-corrected chi connectivity index (χ0v) is 18.2. The number of nitrogens with one attached hydrogen (secondary N) is 1. The van der Waals surface area contributed by atoms with Crippen LogP contribution in [0.2, 0.25) is 0 Å². The van der Waals surface area contributed by atoms with E-state index in [9.17, 15) is 9.59 Å². The highest BCUT2D eigenvalue weighted by Crippen LogP contribution is 2.26. The van der Waals surface area contributed by atoms with E-state index in [0.29, 0.717) is 12.1 Å². The third-order valence-electron chi connectivity index (χ3n) is 3.68. The fraction of sp³-hybridized carbons (Fsp3) is 0.450. The second kappa shape index (κ2) is 9.37. The first-order valence-electron chi connectivity index (χ1n) is 8.92. The maximum Gasteiger partial charge on any atom is 0.254 e. The summed E-state index contributed by atoms with van der Waals surface area (Å²) < 4.78 is 1.05. The molecule has 0 bridgehead atoms. The zero-order chi connectivity index (χ0) is 20.0. The first-order chi connectivity index (χ1) is 12.7. The molecule has 1 aromatic carbocycles. The van der Waals surface area contributed by atoms with Gasteiger partial charge in [0.1, 0.15) is 4.34 Å². The molecule has 0 spiro atoms. The van der Waals surface area contributed by atoms with Gasteiger partial charge in [0.05, 0.1) is 6.54 Å². The maximum absolute atomic E-state index is 12.7. The van der Waals surface area contributed by atoms with E-state index in [-0.39, 0.29) is 23.9 Å². The molecule has 7 heteroatoms.